The molecule has 0 bridgehead atoms. The average Bonchev–Trinajstić information content (AvgIpc) is 1.86. The van der Waals surface area contributed by atoms with Gasteiger partial charge in [-0.05, 0) is 24.8 Å². The van der Waals surface area contributed by atoms with Crippen LogP contribution >= 0.6 is 8.03 Å². The fraction of sp³-hybridized carbons (Fsp3) is 1.00. The van der Waals surface area contributed by atoms with E-state index >= 15 is 0 Å². The van der Waals surface area contributed by atoms with E-state index in [0.29, 0.717) is 0 Å². The van der Waals surface area contributed by atoms with Gasteiger partial charge in [-0.15, -0.1) is 4.52 Å². The Kier molecular flexibility index (Phi) is 3.31. The van der Waals surface area contributed by atoms with Crippen molar-refractivity contribution < 1.29 is 9.09 Å². The second kappa shape index (κ2) is 3.28. The summed E-state index contributed by atoms with van der Waals surface area (Å²) in [6.07, 6.45) is 0.885. The van der Waals surface area contributed by atoms with E-state index < -0.39 is 8.03 Å². The Labute approximate surface area is 57.5 Å². The molecule has 0 rings (SSSR count). The molecular weight excluding hydrogens is 135 g/mol. The minimum Gasteiger partial charge on any atom is -0.149 e. The molecule has 0 aliphatic heterocycles. The molecule has 0 aromatic rings. The molecule has 0 N–H and O–H groups in total. The van der Waals surface area contributed by atoms with Crippen LogP contribution in [0.15, 0.2) is 0 Å². The largest absolute Gasteiger partial charge is 0.513 e. The van der Waals surface area contributed by atoms with Gasteiger partial charge >= 0.3 is 8.03 Å². The highest BCUT2D eigenvalue weighted by Gasteiger charge is 2.38. The lowest BCUT2D eigenvalue weighted by molar-refractivity contribution is 0.386. The monoisotopic (exact) mass is 149 g/mol. The van der Waals surface area contributed by atoms with Gasteiger partial charge in [-0.1, -0.05) is 6.92 Å². The summed E-state index contributed by atoms with van der Waals surface area (Å²) in [4.78, 5) is 0. The minimum atomic E-state index is -1.47. The van der Waals surface area contributed by atoms with Gasteiger partial charge in [-0.25, -0.2) is 0 Å². The van der Waals surface area contributed by atoms with Crippen LogP contribution in [0.5, 0.6) is 0 Å². The van der Waals surface area contributed by atoms with Crippen LogP contribution in [0.4, 0.5) is 0 Å². The second-order valence-electron chi connectivity index (χ2n) is 2.61. The van der Waals surface area contributed by atoms with Gasteiger partial charge in [0.05, 0.1) is 7.11 Å². The van der Waals surface area contributed by atoms with Gasteiger partial charge in [-0.2, -0.15) is 0 Å². The first kappa shape index (κ1) is 9.06. The topological polar surface area (TPSA) is 26.3 Å². The predicted molar refractivity (Wildman–Crippen MR) is 39.0 cm³/mol. The Bertz CT molecular complexity index is 110. The summed E-state index contributed by atoms with van der Waals surface area (Å²) < 4.78 is 15.7. The number of rotatable bonds is 3. The lowest BCUT2D eigenvalue weighted by Crippen LogP contribution is -2.12. The van der Waals surface area contributed by atoms with E-state index in [1.54, 1.807) is 0 Å². The molecule has 0 aromatic carbocycles. The van der Waals surface area contributed by atoms with E-state index in [0.717, 1.165) is 6.42 Å². The lowest BCUT2D eigenvalue weighted by Gasteiger charge is -2.05. The van der Waals surface area contributed by atoms with Crippen molar-refractivity contribution in [2.24, 2.45) is 0 Å². The van der Waals surface area contributed by atoms with Crippen LogP contribution < -0.4 is 0 Å². The van der Waals surface area contributed by atoms with Crippen LogP contribution in [-0.4, -0.2) is 12.3 Å². The Morgan fingerprint density at radius 1 is 1.56 bits per heavy atom. The molecule has 0 amide bonds. The van der Waals surface area contributed by atoms with Crippen molar-refractivity contribution in [3.63, 3.8) is 0 Å². The maximum absolute atomic E-state index is 11.0. The van der Waals surface area contributed by atoms with Gasteiger partial charge in [0.1, 0.15) is 0 Å². The summed E-state index contributed by atoms with van der Waals surface area (Å²) in [6, 6.07) is 0. The smallest absolute Gasteiger partial charge is 0.149 e. The highest BCUT2D eigenvalue weighted by molar-refractivity contribution is 7.41. The summed E-state index contributed by atoms with van der Waals surface area (Å²) >= 11 is 0. The van der Waals surface area contributed by atoms with Crippen LogP contribution in [0.1, 0.15) is 27.2 Å². The fourth-order valence-electron chi connectivity index (χ4n) is 0.376. The minimum absolute atomic E-state index is 0.163. The molecule has 0 aliphatic rings. The quantitative estimate of drug-likeness (QED) is 0.576. The van der Waals surface area contributed by atoms with E-state index in [1.165, 1.54) is 7.11 Å². The summed E-state index contributed by atoms with van der Waals surface area (Å²) in [5, 5.41) is -0.163. The molecule has 1 atom stereocenters. The summed E-state index contributed by atoms with van der Waals surface area (Å²) in [7, 11) is 0.0105. The molecule has 0 fully saturated rings. The zero-order valence-electron chi connectivity index (χ0n) is 6.47. The molecule has 0 aromatic heterocycles. The first-order valence-corrected chi connectivity index (χ1v) is 4.24. The van der Waals surface area contributed by atoms with Crippen LogP contribution in [0.25, 0.3) is 0 Å². The van der Waals surface area contributed by atoms with Crippen molar-refractivity contribution >= 4 is 8.03 Å². The number of hydrogen-bond acceptors (Lipinski definition) is 2. The van der Waals surface area contributed by atoms with Crippen molar-refractivity contribution in [3.05, 3.63) is 0 Å². The van der Waals surface area contributed by atoms with Crippen molar-refractivity contribution in [2.75, 3.05) is 7.11 Å². The third-order valence-corrected chi connectivity index (χ3v) is 3.16. The molecule has 0 aliphatic carbocycles. The van der Waals surface area contributed by atoms with Crippen molar-refractivity contribution in [3.8, 4) is 0 Å². The Morgan fingerprint density at radius 2 is 2.00 bits per heavy atom. The molecule has 0 radical (unpaired) electrons. The van der Waals surface area contributed by atoms with E-state index in [1.807, 2.05) is 20.8 Å². The third kappa shape index (κ3) is 2.42. The van der Waals surface area contributed by atoms with Crippen molar-refractivity contribution in [2.45, 2.75) is 32.3 Å². The predicted octanol–water partition coefficient (Wildman–Crippen LogP) is 2.56. The maximum Gasteiger partial charge on any atom is 0.513 e. The third-order valence-electron chi connectivity index (χ3n) is 1.53. The van der Waals surface area contributed by atoms with E-state index in [-0.39, 0.29) is 5.16 Å². The highest BCUT2D eigenvalue weighted by atomic mass is 31.1. The Balaban J connectivity index is 3.97. The SMILES string of the molecule is CCC(C)(C)[P+](=O)OC. The fourth-order valence-corrected chi connectivity index (χ4v) is 1.13. The van der Waals surface area contributed by atoms with Gasteiger partial charge in [0.25, 0.3) is 0 Å². The molecule has 3 heteroatoms. The molecule has 2 nitrogen and oxygen atoms in total. The van der Waals surface area contributed by atoms with Gasteiger partial charge < -0.3 is 0 Å². The van der Waals surface area contributed by atoms with Crippen LogP contribution in [0.2, 0.25) is 0 Å². The average molecular weight is 149 g/mol. The van der Waals surface area contributed by atoms with E-state index in [2.05, 4.69) is 0 Å². The van der Waals surface area contributed by atoms with E-state index in [4.69, 9.17) is 4.52 Å². The zero-order valence-corrected chi connectivity index (χ0v) is 7.37. The Hall–Kier alpha value is 0.0600. The van der Waals surface area contributed by atoms with Gasteiger partial charge in [0.2, 0.25) is 0 Å². The van der Waals surface area contributed by atoms with E-state index in [9.17, 15) is 4.57 Å². The maximum atomic E-state index is 11.0. The standard InChI is InChI=1S/C6H14O2P/c1-5-6(2,3)9(7)8-4/h5H2,1-4H3/q+1. The van der Waals surface area contributed by atoms with Crippen LogP contribution in [0, 0.1) is 0 Å². The van der Waals surface area contributed by atoms with Gasteiger partial charge in [-0.3, -0.25) is 0 Å². The highest BCUT2D eigenvalue weighted by Crippen LogP contribution is 2.40. The zero-order chi connectivity index (χ0) is 7.49. The van der Waals surface area contributed by atoms with Gasteiger partial charge in [0, 0.05) is 0 Å². The molecule has 0 spiro atoms. The second-order valence-corrected chi connectivity index (χ2v) is 4.70. The summed E-state index contributed by atoms with van der Waals surface area (Å²) in [5.41, 5.74) is 0. The molecule has 0 heterocycles. The summed E-state index contributed by atoms with van der Waals surface area (Å²) in [6.45, 7) is 5.89. The normalized spacial score (nSPS) is 13.6. The van der Waals surface area contributed by atoms with Crippen molar-refractivity contribution in [1.29, 1.82) is 0 Å². The molecule has 54 valence electrons. The number of hydrogen-bond donors (Lipinski definition) is 0. The van der Waals surface area contributed by atoms with Crippen molar-refractivity contribution in [1.82, 2.24) is 0 Å². The first-order chi connectivity index (χ1) is 4.04. The van der Waals surface area contributed by atoms with Crippen LogP contribution in [0.3, 0.4) is 0 Å². The molecule has 0 saturated heterocycles. The molecular formula is C6H14O2P+. The summed E-state index contributed by atoms with van der Waals surface area (Å²) in [5.74, 6) is 0. The first-order valence-electron chi connectivity index (χ1n) is 3.06. The molecule has 0 saturated carbocycles. The molecule has 1 unspecified atom stereocenters. The molecule has 9 heavy (non-hydrogen) atoms. The van der Waals surface area contributed by atoms with Gasteiger partial charge in [0.15, 0.2) is 5.16 Å². The van der Waals surface area contributed by atoms with Crippen LogP contribution in [-0.2, 0) is 9.09 Å². The Morgan fingerprint density at radius 3 is 2.11 bits per heavy atom. The lowest BCUT2D eigenvalue weighted by atomic mass is 10.1.